The summed E-state index contributed by atoms with van der Waals surface area (Å²) >= 11 is 5.36. The second kappa shape index (κ2) is 10.5. The second-order valence-corrected chi connectivity index (χ2v) is 13.0. The first-order valence-corrected chi connectivity index (χ1v) is 14.8. The number of rotatable bonds is 9. The zero-order chi connectivity index (χ0) is 27.1. The van der Waals surface area contributed by atoms with Crippen molar-refractivity contribution in [3.05, 3.63) is 60.2 Å². The van der Waals surface area contributed by atoms with Crippen LogP contribution in [0.5, 0.6) is 0 Å². The van der Waals surface area contributed by atoms with Crippen LogP contribution in [0.2, 0.25) is 0 Å². The summed E-state index contributed by atoms with van der Waals surface area (Å²) in [5.74, 6) is -1.82. The number of hydrogen-bond donors (Lipinski definition) is 3. The van der Waals surface area contributed by atoms with Gasteiger partial charge in [-0.25, -0.2) is 4.68 Å². The summed E-state index contributed by atoms with van der Waals surface area (Å²) in [5.41, 5.74) is 2.50. The summed E-state index contributed by atoms with van der Waals surface area (Å²) in [7, 11) is 0. The van der Waals surface area contributed by atoms with Crippen molar-refractivity contribution in [1.29, 1.82) is 0 Å². The van der Waals surface area contributed by atoms with Gasteiger partial charge in [-0.3, -0.25) is 14.4 Å². The molecule has 6 atom stereocenters. The van der Waals surface area contributed by atoms with Crippen LogP contribution in [0.3, 0.4) is 0 Å². The molecule has 3 fully saturated rings. The molecular formula is C27H29BrN6O4S. The van der Waals surface area contributed by atoms with Crippen LogP contribution in [-0.2, 0) is 27.6 Å². The van der Waals surface area contributed by atoms with Gasteiger partial charge < -0.3 is 20.6 Å². The number of fused-ring (bicyclic) bond motifs is 2. The number of halogens is 1. The lowest BCUT2D eigenvalue weighted by molar-refractivity contribution is -0.140. The number of benzene rings is 2. The van der Waals surface area contributed by atoms with Gasteiger partial charge in [0.15, 0.2) is 0 Å². The van der Waals surface area contributed by atoms with Gasteiger partial charge in [0.1, 0.15) is 18.2 Å². The average Bonchev–Trinajstić information content (AvgIpc) is 3.67. The summed E-state index contributed by atoms with van der Waals surface area (Å²) in [5, 5.41) is 23.7. The van der Waals surface area contributed by atoms with Gasteiger partial charge in [-0.15, -0.1) is 16.9 Å². The molecule has 1 aromatic heterocycles. The number of carbonyl (C=O) groups is 3. The van der Waals surface area contributed by atoms with Crippen molar-refractivity contribution < 1.29 is 19.5 Å². The van der Waals surface area contributed by atoms with E-state index < -0.39 is 22.6 Å². The SMILES string of the molecule is O=C(NCn1nnc2ccccc21)C1N(CCCO)C(=O)[C@@H]2[C@H](C(=O)NCc3ccccc3)[C@H]3SC12CC3Br. The molecule has 12 heteroatoms. The number of para-hydroxylation sites is 1. The van der Waals surface area contributed by atoms with Gasteiger partial charge in [0.2, 0.25) is 17.7 Å². The summed E-state index contributed by atoms with van der Waals surface area (Å²) in [4.78, 5) is 42.9. The zero-order valence-corrected chi connectivity index (χ0v) is 23.5. The Hall–Kier alpha value is -2.96. The number of nitrogens with one attached hydrogen (secondary N) is 2. The lowest BCUT2D eigenvalue weighted by Crippen LogP contribution is -2.55. The first kappa shape index (κ1) is 26.3. The monoisotopic (exact) mass is 612 g/mol. The number of carbonyl (C=O) groups excluding carboxylic acids is 3. The number of aliphatic hydroxyl groups is 1. The Balaban J connectivity index is 1.26. The van der Waals surface area contributed by atoms with Crippen LogP contribution in [0.15, 0.2) is 54.6 Å². The third-order valence-corrected chi connectivity index (χ3v) is 11.3. The fourth-order valence-electron chi connectivity index (χ4n) is 6.40. The first-order chi connectivity index (χ1) is 18.9. The predicted octanol–water partition coefficient (Wildman–Crippen LogP) is 1.67. The van der Waals surface area contributed by atoms with Crippen LogP contribution in [0, 0.1) is 11.8 Å². The van der Waals surface area contributed by atoms with Gasteiger partial charge in [0.05, 0.1) is 22.1 Å². The molecule has 4 heterocycles. The molecule has 3 aliphatic rings. The molecule has 204 valence electrons. The fourth-order valence-corrected chi connectivity index (χ4v) is 10.0. The van der Waals surface area contributed by atoms with E-state index >= 15 is 0 Å². The second-order valence-electron chi connectivity index (χ2n) is 10.3. The van der Waals surface area contributed by atoms with Crippen LogP contribution in [0.25, 0.3) is 11.0 Å². The van der Waals surface area contributed by atoms with E-state index in [0.717, 1.165) is 16.6 Å². The fraction of sp³-hybridized carbons (Fsp3) is 0.444. The van der Waals surface area contributed by atoms with Gasteiger partial charge in [0.25, 0.3) is 0 Å². The maximum absolute atomic E-state index is 13.9. The summed E-state index contributed by atoms with van der Waals surface area (Å²) in [6.45, 7) is 0.622. The number of aliphatic hydroxyl groups excluding tert-OH is 1. The van der Waals surface area contributed by atoms with Crippen molar-refractivity contribution in [3.8, 4) is 0 Å². The average molecular weight is 614 g/mol. The van der Waals surface area contributed by atoms with Gasteiger partial charge in [-0.2, -0.15) is 0 Å². The van der Waals surface area contributed by atoms with Crippen LogP contribution in [0.4, 0.5) is 0 Å². The van der Waals surface area contributed by atoms with Crippen molar-refractivity contribution in [3.63, 3.8) is 0 Å². The van der Waals surface area contributed by atoms with Crippen molar-refractivity contribution >= 4 is 56.4 Å². The van der Waals surface area contributed by atoms with Gasteiger partial charge in [-0.05, 0) is 30.5 Å². The quantitative estimate of drug-likeness (QED) is 0.313. The minimum absolute atomic E-state index is 0.00799. The highest BCUT2D eigenvalue weighted by Crippen LogP contribution is 2.67. The van der Waals surface area contributed by atoms with Crippen molar-refractivity contribution in [1.82, 2.24) is 30.5 Å². The number of nitrogens with zero attached hydrogens (tertiary/aromatic N) is 4. The Bertz CT molecular complexity index is 1410. The molecule has 3 unspecified atom stereocenters. The Labute approximate surface area is 238 Å². The smallest absolute Gasteiger partial charge is 0.245 e. The zero-order valence-electron chi connectivity index (χ0n) is 21.1. The maximum atomic E-state index is 13.9. The molecule has 3 N–H and O–H groups in total. The van der Waals surface area contributed by atoms with E-state index in [0.29, 0.717) is 19.4 Å². The van der Waals surface area contributed by atoms with E-state index in [1.807, 2.05) is 54.6 Å². The normalized spacial score (nSPS) is 29.1. The van der Waals surface area contributed by atoms with Crippen LogP contribution in [-0.4, -0.2) is 76.7 Å². The minimum Gasteiger partial charge on any atom is -0.396 e. The number of thioether (sulfide) groups is 1. The molecule has 0 saturated carbocycles. The van der Waals surface area contributed by atoms with E-state index in [9.17, 15) is 19.5 Å². The summed E-state index contributed by atoms with van der Waals surface area (Å²) in [6.07, 6.45) is 0.948. The van der Waals surface area contributed by atoms with Gasteiger partial charge in [-0.1, -0.05) is 63.6 Å². The highest BCUT2D eigenvalue weighted by molar-refractivity contribution is 9.09. The van der Waals surface area contributed by atoms with Crippen molar-refractivity contribution in [2.45, 2.75) is 46.9 Å². The Morgan fingerprint density at radius 1 is 1.10 bits per heavy atom. The highest BCUT2D eigenvalue weighted by atomic mass is 79.9. The molecule has 2 bridgehead atoms. The first-order valence-electron chi connectivity index (χ1n) is 13.1. The van der Waals surface area contributed by atoms with Crippen LogP contribution < -0.4 is 10.6 Å². The predicted molar refractivity (Wildman–Crippen MR) is 150 cm³/mol. The van der Waals surface area contributed by atoms with Crippen LogP contribution >= 0.6 is 27.7 Å². The lowest BCUT2D eigenvalue weighted by atomic mass is 9.70. The Morgan fingerprint density at radius 2 is 1.87 bits per heavy atom. The highest BCUT2D eigenvalue weighted by Gasteiger charge is 2.75. The number of alkyl halides is 1. The number of amides is 3. The third-order valence-electron chi connectivity index (χ3n) is 8.03. The Morgan fingerprint density at radius 3 is 2.67 bits per heavy atom. The molecular weight excluding hydrogens is 584 g/mol. The topological polar surface area (TPSA) is 129 Å². The Kier molecular flexibility index (Phi) is 7.11. The molecule has 2 aromatic carbocycles. The molecule has 3 aromatic rings. The largest absolute Gasteiger partial charge is 0.396 e. The minimum atomic E-state index is -0.765. The number of likely N-dealkylation sites (tertiary alicyclic amines) is 1. The van der Waals surface area contributed by atoms with E-state index in [1.165, 1.54) is 0 Å². The molecule has 6 rings (SSSR count). The van der Waals surface area contributed by atoms with Crippen molar-refractivity contribution in [2.75, 3.05) is 13.2 Å². The van der Waals surface area contributed by atoms with E-state index in [2.05, 4.69) is 36.9 Å². The molecule has 3 amide bonds. The van der Waals surface area contributed by atoms with Gasteiger partial charge >= 0.3 is 0 Å². The molecule has 39 heavy (non-hydrogen) atoms. The van der Waals surface area contributed by atoms with Crippen molar-refractivity contribution in [2.24, 2.45) is 11.8 Å². The molecule has 0 radical (unpaired) electrons. The van der Waals surface area contributed by atoms with Crippen LogP contribution in [0.1, 0.15) is 18.4 Å². The molecule has 10 nitrogen and oxygen atoms in total. The van der Waals surface area contributed by atoms with Gasteiger partial charge in [0, 0.05) is 29.8 Å². The summed E-state index contributed by atoms with van der Waals surface area (Å²) < 4.78 is 0.873. The lowest BCUT2D eigenvalue weighted by Gasteiger charge is -2.35. The number of hydrogen-bond acceptors (Lipinski definition) is 7. The molecule has 3 aliphatic heterocycles. The van der Waals surface area contributed by atoms with E-state index in [1.54, 1.807) is 21.3 Å². The third kappa shape index (κ3) is 4.42. The maximum Gasteiger partial charge on any atom is 0.245 e. The standard InChI is InChI=1S/C27H29BrN6O4S/c28-17-13-27-21(20(22(17)39-27)24(36)29-14-16-7-2-1-3-8-16)26(38)33(11-6-12-35)23(27)25(37)30-15-34-19-10-5-4-9-18(19)31-32-34/h1-5,7-10,17,20-23,35H,6,11-15H2,(H,29,36)(H,30,37)/t17?,20-,21-,22-,23?,27?/m0/s1. The molecule has 1 spiro atoms. The molecule has 0 aliphatic carbocycles. The van der Waals surface area contributed by atoms with E-state index in [4.69, 9.17) is 0 Å². The van der Waals surface area contributed by atoms with E-state index in [-0.39, 0.29) is 47.6 Å². The number of aromatic nitrogens is 3. The molecule has 3 saturated heterocycles. The summed E-state index contributed by atoms with van der Waals surface area (Å²) in [6, 6.07) is 16.4.